The third kappa shape index (κ3) is 6.45. The van der Waals surface area contributed by atoms with Crippen LogP contribution < -0.4 is 10.6 Å². The maximum atomic E-state index is 12.8. The first kappa shape index (κ1) is 19.8. The van der Waals surface area contributed by atoms with Crippen LogP contribution in [0.4, 0.5) is 29.3 Å². The van der Waals surface area contributed by atoms with E-state index < -0.39 is 29.3 Å². The molecule has 1 rings (SSSR count). The minimum Gasteiger partial charge on any atom is -0.444 e. The smallest absolute Gasteiger partial charge is 0.416 e. The average Bonchev–Trinajstić information content (AvgIpc) is 2.37. The van der Waals surface area contributed by atoms with Gasteiger partial charge < -0.3 is 14.8 Å². The maximum Gasteiger partial charge on any atom is 0.416 e. The van der Waals surface area contributed by atoms with Crippen LogP contribution in [-0.4, -0.2) is 31.3 Å². The minimum atomic E-state index is -4.59. The molecule has 2 N–H and O–H groups in total. The van der Waals surface area contributed by atoms with Crippen LogP contribution in [0.1, 0.15) is 26.3 Å². The van der Waals surface area contributed by atoms with E-state index in [1.54, 1.807) is 20.8 Å². The summed E-state index contributed by atoms with van der Waals surface area (Å²) in [7, 11) is 1.27. The second-order valence-electron chi connectivity index (χ2n) is 5.87. The van der Waals surface area contributed by atoms with Gasteiger partial charge >= 0.3 is 12.3 Å². The van der Waals surface area contributed by atoms with Crippen LogP contribution in [0.3, 0.4) is 0 Å². The third-order valence-electron chi connectivity index (χ3n) is 2.53. The van der Waals surface area contributed by atoms with Gasteiger partial charge in [0.2, 0.25) is 5.91 Å². The molecule has 0 aliphatic carbocycles. The quantitative estimate of drug-likeness (QED) is 0.871. The van der Waals surface area contributed by atoms with Crippen LogP contribution in [0.15, 0.2) is 18.2 Å². The Bertz CT molecular complexity index is 610. The number of rotatable bonds is 4. The number of ether oxygens (including phenoxy) is 2. The van der Waals surface area contributed by atoms with Crippen molar-refractivity contribution in [3.63, 3.8) is 0 Å². The second-order valence-corrected chi connectivity index (χ2v) is 5.87. The van der Waals surface area contributed by atoms with Crippen molar-refractivity contribution in [2.45, 2.75) is 32.5 Å². The highest BCUT2D eigenvalue weighted by Crippen LogP contribution is 2.34. The van der Waals surface area contributed by atoms with Crippen molar-refractivity contribution in [3.05, 3.63) is 23.8 Å². The standard InChI is InChI=1S/C15H19F3N2O4/c1-14(2,3)24-13(22)20-10-6-5-9(15(16,17)18)7-11(10)19-12(21)8-23-4/h5-7H,8H2,1-4H3,(H,19,21)(H,20,22). The summed E-state index contributed by atoms with van der Waals surface area (Å²) < 4.78 is 48.1. The molecule has 0 atom stereocenters. The molecule has 0 spiro atoms. The number of benzene rings is 1. The lowest BCUT2D eigenvalue weighted by Crippen LogP contribution is -2.28. The second kappa shape index (κ2) is 7.52. The minimum absolute atomic E-state index is 0.0262. The van der Waals surface area contributed by atoms with Gasteiger partial charge in [-0.2, -0.15) is 13.2 Å². The number of carbonyl (C=O) groups excluding carboxylic acids is 2. The molecule has 1 aromatic carbocycles. The fraction of sp³-hybridized carbons (Fsp3) is 0.467. The number of amides is 2. The van der Waals surface area contributed by atoms with Crippen LogP contribution in [0, 0.1) is 0 Å². The molecule has 0 bridgehead atoms. The zero-order valence-corrected chi connectivity index (χ0v) is 13.7. The Balaban J connectivity index is 3.09. The van der Waals surface area contributed by atoms with E-state index in [2.05, 4.69) is 15.4 Å². The summed E-state index contributed by atoms with van der Waals surface area (Å²) in [5.41, 5.74) is -1.99. The van der Waals surface area contributed by atoms with Gasteiger partial charge in [0.15, 0.2) is 0 Å². The van der Waals surface area contributed by atoms with Crippen molar-refractivity contribution in [2.75, 3.05) is 24.4 Å². The zero-order valence-electron chi connectivity index (χ0n) is 13.7. The summed E-state index contributed by atoms with van der Waals surface area (Å²) in [5.74, 6) is -0.663. The molecule has 0 aromatic heterocycles. The lowest BCUT2D eigenvalue weighted by Gasteiger charge is -2.21. The van der Waals surface area contributed by atoms with Crippen molar-refractivity contribution in [2.24, 2.45) is 0 Å². The van der Waals surface area contributed by atoms with E-state index in [4.69, 9.17) is 4.74 Å². The topological polar surface area (TPSA) is 76.7 Å². The molecule has 0 unspecified atom stereocenters. The van der Waals surface area contributed by atoms with Crippen molar-refractivity contribution in [3.8, 4) is 0 Å². The molecule has 0 aliphatic heterocycles. The number of halogens is 3. The van der Waals surface area contributed by atoms with Gasteiger partial charge in [-0.3, -0.25) is 10.1 Å². The summed E-state index contributed by atoms with van der Waals surface area (Å²) >= 11 is 0. The summed E-state index contributed by atoms with van der Waals surface area (Å²) in [6.45, 7) is 4.57. The first-order chi connectivity index (χ1) is 10.9. The van der Waals surface area contributed by atoms with E-state index in [0.29, 0.717) is 0 Å². The lowest BCUT2D eigenvalue weighted by atomic mass is 10.1. The van der Waals surface area contributed by atoms with Crippen LogP contribution in [0.2, 0.25) is 0 Å². The first-order valence-corrected chi connectivity index (χ1v) is 6.92. The number of anilines is 2. The summed E-state index contributed by atoms with van der Waals surface area (Å²) in [4.78, 5) is 23.4. The van der Waals surface area contributed by atoms with Gasteiger partial charge in [-0.25, -0.2) is 4.79 Å². The van der Waals surface area contributed by atoms with Gasteiger partial charge in [-0.15, -0.1) is 0 Å². The number of hydrogen-bond acceptors (Lipinski definition) is 4. The highest BCUT2D eigenvalue weighted by Gasteiger charge is 2.31. The molecule has 24 heavy (non-hydrogen) atoms. The van der Waals surface area contributed by atoms with Gasteiger partial charge in [0.05, 0.1) is 16.9 Å². The number of carbonyl (C=O) groups is 2. The predicted octanol–water partition coefficient (Wildman–Crippen LogP) is 3.64. The molecule has 9 heteroatoms. The largest absolute Gasteiger partial charge is 0.444 e. The first-order valence-electron chi connectivity index (χ1n) is 6.92. The maximum absolute atomic E-state index is 12.8. The van der Waals surface area contributed by atoms with Crippen molar-refractivity contribution >= 4 is 23.4 Å². The van der Waals surface area contributed by atoms with E-state index >= 15 is 0 Å². The Hall–Kier alpha value is -2.29. The van der Waals surface area contributed by atoms with Crippen molar-refractivity contribution < 1.29 is 32.2 Å². The molecule has 2 amide bonds. The number of alkyl halides is 3. The van der Waals surface area contributed by atoms with E-state index in [1.165, 1.54) is 7.11 Å². The summed E-state index contributed by atoms with van der Waals surface area (Å²) in [6, 6.07) is 2.55. The van der Waals surface area contributed by atoms with Crippen LogP contribution in [0.5, 0.6) is 0 Å². The van der Waals surface area contributed by atoms with Crippen LogP contribution in [0.25, 0.3) is 0 Å². The fourth-order valence-corrected chi connectivity index (χ4v) is 1.66. The van der Waals surface area contributed by atoms with Crippen molar-refractivity contribution in [1.29, 1.82) is 0 Å². The Labute approximate surface area is 137 Å². The molecular formula is C15H19F3N2O4. The summed E-state index contributed by atoms with van der Waals surface area (Å²) in [5, 5.41) is 4.57. The van der Waals surface area contributed by atoms with Gasteiger partial charge in [-0.05, 0) is 39.0 Å². The highest BCUT2D eigenvalue weighted by molar-refractivity contribution is 5.98. The van der Waals surface area contributed by atoms with Crippen molar-refractivity contribution in [1.82, 2.24) is 0 Å². The van der Waals surface area contributed by atoms with Gasteiger partial charge in [-0.1, -0.05) is 0 Å². The highest BCUT2D eigenvalue weighted by atomic mass is 19.4. The Kier molecular flexibility index (Phi) is 6.19. The van der Waals surface area contributed by atoms with E-state index in [-0.39, 0.29) is 18.0 Å². The molecule has 134 valence electrons. The average molecular weight is 348 g/mol. The molecule has 0 saturated heterocycles. The van der Waals surface area contributed by atoms with E-state index in [9.17, 15) is 22.8 Å². The Morgan fingerprint density at radius 1 is 1.08 bits per heavy atom. The number of hydrogen-bond donors (Lipinski definition) is 2. The van der Waals surface area contributed by atoms with Gasteiger partial charge in [0, 0.05) is 7.11 Å². The van der Waals surface area contributed by atoms with Crippen LogP contribution >= 0.6 is 0 Å². The molecule has 0 saturated carbocycles. The molecular weight excluding hydrogens is 329 g/mol. The molecule has 0 fully saturated rings. The third-order valence-corrected chi connectivity index (χ3v) is 2.53. The fourth-order valence-electron chi connectivity index (χ4n) is 1.66. The molecule has 0 radical (unpaired) electrons. The number of nitrogens with one attached hydrogen (secondary N) is 2. The Morgan fingerprint density at radius 3 is 2.21 bits per heavy atom. The van der Waals surface area contributed by atoms with Crippen LogP contribution in [-0.2, 0) is 20.4 Å². The monoisotopic (exact) mass is 348 g/mol. The zero-order chi connectivity index (χ0) is 18.5. The SMILES string of the molecule is COCC(=O)Nc1cc(C(F)(F)F)ccc1NC(=O)OC(C)(C)C. The summed E-state index contributed by atoms with van der Waals surface area (Å²) in [6.07, 6.45) is -5.45. The number of methoxy groups -OCH3 is 1. The molecule has 0 heterocycles. The van der Waals surface area contributed by atoms with E-state index in [1.807, 2.05) is 0 Å². The predicted molar refractivity (Wildman–Crippen MR) is 81.8 cm³/mol. The Morgan fingerprint density at radius 2 is 1.71 bits per heavy atom. The van der Waals surface area contributed by atoms with E-state index in [0.717, 1.165) is 18.2 Å². The molecule has 0 aliphatic rings. The normalized spacial score (nSPS) is 11.8. The van der Waals surface area contributed by atoms with Gasteiger partial charge in [0.1, 0.15) is 12.2 Å². The van der Waals surface area contributed by atoms with Gasteiger partial charge in [0.25, 0.3) is 0 Å². The lowest BCUT2D eigenvalue weighted by molar-refractivity contribution is -0.137. The molecule has 6 nitrogen and oxygen atoms in total. The molecule has 1 aromatic rings.